The van der Waals surface area contributed by atoms with Crippen LogP contribution in [0.2, 0.25) is 0 Å². The largest absolute Gasteiger partial charge is 0.508 e. The molecule has 264 valence electrons. The molecule has 6 atom stereocenters. The number of methoxy groups -OCH3 is 1. The monoisotopic (exact) mass is 751 g/mol. The number of fused-ring (bicyclic) bond motifs is 4. The molecule has 18 heteroatoms. The van der Waals surface area contributed by atoms with Crippen molar-refractivity contribution >= 4 is 63.9 Å². The number of phenolic OH excluding ortho intramolecular Hbond substituents is 1. The highest BCUT2D eigenvalue weighted by Crippen LogP contribution is 2.67. The molecule has 1 N–H and O–H groups in total. The highest BCUT2D eigenvalue weighted by atomic mass is 35.5. The second-order valence-corrected chi connectivity index (χ2v) is 13.6. The molecule has 2 aliphatic heterocycles. The number of amides is 4. The number of carbonyl (C=O) groups excluding carboxylic acids is 4. The number of benzene rings is 3. The van der Waals surface area contributed by atoms with Gasteiger partial charge in [0.2, 0.25) is 17.6 Å². The Morgan fingerprint density at radius 1 is 0.882 bits per heavy atom. The molecule has 3 fully saturated rings. The average molecular weight is 752 g/mol. The molecule has 1 saturated carbocycles. The Balaban J connectivity index is 1.45. The molecule has 0 unspecified atom stereocenters. The molecule has 3 aromatic rings. The number of allylic oxidation sites excluding steroid dienone is 2. The van der Waals surface area contributed by atoms with E-state index in [4.69, 9.17) is 27.9 Å². The van der Waals surface area contributed by atoms with Crippen molar-refractivity contribution in [2.45, 2.75) is 28.5 Å². The van der Waals surface area contributed by atoms with Crippen LogP contribution in [-0.2, 0) is 19.2 Å². The van der Waals surface area contributed by atoms with Gasteiger partial charge in [-0.1, -0.05) is 23.8 Å². The van der Waals surface area contributed by atoms with E-state index in [0.29, 0.717) is 0 Å². The SMILES string of the molecule is COc1cccc(O)c1[C@H]1C2=CC[C@@H]3C(=O)N(c4cccc([N+](=O)[O-])c4)C(=O)[C@@H]3[C@@H]2C[C@@]2(Cl)C(=O)N(c3c(F)c(F)c(F)c(F)c3F)C(=O)[C@@]12Cl. The van der Waals surface area contributed by atoms with Crippen molar-refractivity contribution in [2.75, 3.05) is 16.9 Å². The maximum atomic E-state index is 15.2. The van der Waals surface area contributed by atoms with E-state index in [-0.39, 0.29) is 33.9 Å². The Morgan fingerprint density at radius 3 is 2.14 bits per heavy atom. The van der Waals surface area contributed by atoms with Crippen LogP contribution in [0.1, 0.15) is 24.3 Å². The quantitative estimate of drug-likeness (QED) is 0.0505. The van der Waals surface area contributed by atoms with Crippen LogP contribution in [0.25, 0.3) is 0 Å². The van der Waals surface area contributed by atoms with Crippen molar-refractivity contribution in [3.05, 3.63) is 98.9 Å². The number of imide groups is 2. The molecule has 0 bridgehead atoms. The molecule has 2 saturated heterocycles. The van der Waals surface area contributed by atoms with Crippen LogP contribution in [0, 0.1) is 57.0 Å². The predicted octanol–water partition coefficient (Wildman–Crippen LogP) is 5.77. The number of nitro benzene ring substituents is 1. The summed E-state index contributed by atoms with van der Waals surface area (Å²) in [7, 11) is 1.18. The third kappa shape index (κ3) is 4.35. The number of hydrogen-bond acceptors (Lipinski definition) is 8. The van der Waals surface area contributed by atoms with E-state index in [1.807, 2.05) is 0 Å². The highest BCUT2D eigenvalue weighted by Gasteiger charge is 2.77. The highest BCUT2D eigenvalue weighted by molar-refractivity contribution is 6.58. The number of carbonyl (C=O) groups is 4. The molecule has 11 nitrogen and oxygen atoms in total. The molecule has 7 rings (SSSR count). The van der Waals surface area contributed by atoms with E-state index in [9.17, 15) is 47.6 Å². The lowest BCUT2D eigenvalue weighted by Crippen LogP contribution is -2.60. The fourth-order valence-electron chi connectivity index (χ4n) is 7.88. The summed E-state index contributed by atoms with van der Waals surface area (Å²) in [6.45, 7) is 0. The number of ether oxygens (including phenoxy) is 1. The lowest BCUT2D eigenvalue weighted by molar-refractivity contribution is -0.384. The Kier molecular flexibility index (Phi) is 7.72. The zero-order valence-corrected chi connectivity index (χ0v) is 27.1. The van der Waals surface area contributed by atoms with Crippen LogP contribution in [0.4, 0.5) is 39.0 Å². The smallest absolute Gasteiger partial charge is 0.271 e. The summed E-state index contributed by atoms with van der Waals surface area (Å²) in [6, 6.07) is 8.53. The molecule has 3 aromatic carbocycles. The average Bonchev–Trinajstić information content (AvgIpc) is 3.44. The molecule has 2 aliphatic carbocycles. The van der Waals surface area contributed by atoms with Gasteiger partial charge in [-0.3, -0.25) is 29.3 Å². The minimum absolute atomic E-state index is 0.0739. The van der Waals surface area contributed by atoms with E-state index in [1.54, 1.807) is 0 Å². The zero-order valence-electron chi connectivity index (χ0n) is 25.6. The second-order valence-electron chi connectivity index (χ2n) is 12.4. The second kappa shape index (κ2) is 11.5. The zero-order chi connectivity index (χ0) is 37.1. The summed E-state index contributed by atoms with van der Waals surface area (Å²) in [4.78, 5) is 62.1. The summed E-state index contributed by atoms with van der Waals surface area (Å²) in [5.74, 6) is -23.9. The lowest BCUT2D eigenvalue weighted by atomic mass is 9.56. The van der Waals surface area contributed by atoms with Gasteiger partial charge in [0.25, 0.3) is 17.5 Å². The van der Waals surface area contributed by atoms with Crippen molar-refractivity contribution in [2.24, 2.45) is 17.8 Å². The molecular weight excluding hydrogens is 732 g/mol. The van der Waals surface area contributed by atoms with Gasteiger partial charge in [-0.05, 0) is 37.0 Å². The van der Waals surface area contributed by atoms with Gasteiger partial charge in [0.05, 0.1) is 29.6 Å². The normalized spacial score (nSPS) is 28.4. The van der Waals surface area contributed by atoms with E-state index in [0.717, 1.165) is 23.1 Å². The first-order valence-electron chi connectivity index (χ1n) is 15.0. The standard InChI is InChI=1S/C33H20Cl2F5N3O8/c1-51-18-7-3-6-17(44)20(18)21-14-8-9-15-19(29(46)41(28(15)45)12-4-2-5-13(10-12)43(49)50)16(14)11-32(34)30(47)42(31(48)33(21,32)35)27-25(39)23(37)22(36)24(38)26(27)40/h2-8,10,15-16,19,21,44H,9,11H2,1H3/t15-,16+,19-,21+,32+,33-/m0/s1. The van der Waals surface area contributed by atoms with Crippen LogP contribution in [-0.4, -0.2) is 50.5 Å². The van der Waals surface area contributed by atoms with Gasteiger partial charge in [0.1, 0.15) is 17.2 Å². The van der Waals surface area contributed by atoms with Crippen molar-refractivity contribution in [1.29, 1.82) is 0 Å². The molecule has 51 heavy (non-hydrogen) atoms. The van der Waals surface area contributed by atoms with Crippen LogP contribution < -0.4 is 14.5 Å². The number of nitrogens with zero attached hydrogens (tertiary/aromatic N) is 3. The number of alkyl halides is 2. The molecule has 4 amide bonds. The molecule has 4 aliphatic rings. The molecule has 0 radical (unpaired) electrons. The first kappa shape index (κ1) is 34.4. The predicted molar refractivity (Wildman–Crippen MR) is 167 cm³/mol. The van der Waals surface area contributed by atoms with Crippen LogP contribution in [0.15, 0.2) is 54.1 Å². The summed E-state index contributed by atoms with van der Waals surface area (Å²) in [5.41, 5.74) is -2.72. The number of nitro groups is 1. The minimum Gasteiger partial charge on any atom is -0.508 e. The van der Waals surface area contributed by atoms with Gasteiger partial charge in [-0.15, -0.1) is 23.2 Å². The third-order valence-electron chi connectivity index (χ3n) is 10.1. The van der Waals surface area contributed by atoms with E-state index < -0.39 is 115 Å². The first-order valence-corrected chi connectivity index (χ1v) is 15.7. The third-order valence-corrected chi connectivity index (χ3v) is 11.5. The Bertz CT molecular complexity index is 2160. The molecular formula is C33H20Cl2F5N3O8. The Labute approximate surface area is 292 Å². The number of rotatable bonds is 5. The van der Waals surface area contributed by atoms with Gasteiger partial charge < -0.3 is 9.84 Å². The topological polar surface area (TPSA) is 147 Å². The summed E-state index contributed by atoms with van der Waals surface area (Å²) < 4.78 is 78.8. The van der Waals surface area contributed by atoms with E-state index in [2.05, 4.69) is 0 Å². The molecule has 2 heterocycles. The van der Waals surface area contributed by atoms with Gasteiger partial charge in [0, 0.05) is 23.6 Å². The van der Waals surface area contributed by atoms with Crippen molar-refractivity contribution in [3.63, 3.8) is 0 Å². The maximum absolute atomic E-state index is 15.2. The number of hydrogen-bond donors (Lipinski definition) is 1. The number of aromatic hydroxyl groups is 1. The fourth-order valence-corrected chi connectivity index (χ4v) is 8.80. The van der Waals surface area contributed by atoms with Crippen molar-refractivity contribution in [1.82, 2.24) is 0 Å². The number of halogens is 7. The summed E-state index contributed by atoms with van der Waals surface area (Å²) in [6.07, 6.45) is 0.463. The fraction of sp³-hybridized carbons (Fsp3) is 0.273. The molecule has 0 spiro atoms. The van der Waals surface area contributed by atoms with Crippen molar-refractivity contribution in [3.8, 4) is 11.5 Å². The Hall–Kier alpha value is -5.09. The molecule has 0 aromatic heterocycles. The first-order chi connectivity index (χ1) is 24.0. The van der Waals surface area contributed by atoms with Crippen molar-refractivity contribution < 1.29 is 55.9 Å². The van der Waals surface area contributed by atoms with E-state index >= 15 is 8.78 Å². The summed E-state index contributed by atoms with van der Waals surface area (Å²) >= 11 is 14.2. The number of phenols is 1. The van der Waals surface area contributed by atoms with Crippen LogP contribution in [0.3, 0.4) is 0 Å². The van der Waals surface area contributed by atoms with Gasteiger partial charge in [-0.2, -0.15) is 0 Å². The van der Waals surface area contributed by atoms with Gasteiger partial charge in [-0.25, -0.2) is 31.8 Å². The maximum Gasteiger partial charge on any atom is 0.271 e. The lowest BCUT2D eigenvalue weighted by Gasteiger charge is -2.50. The van der Waals surface area contributed by atoms with Crippen LogP contribution in [0.5, 0.6) is 11.5 Å². The van der Waals surface area contributed by atoms with Gasteiger partial charge >= 0.3 is 0 Å². The number of anilines is 2. The summed E-state index contributed by atoms with van der Waals surface area (Å²) in [5, 5.41) is 22.6. The Morgan fingerprint density at radius 2 is 1.51 bits per heavy atom. The van der Waals surface area contributed by atoms with Crippen LogP contribution >= 0.6 is 23.2 Å². The number of non-ortho nitro benzene ring substituents is 1. The minimum atomic E-state index is -2.88. The van der Waals surface area contributed by atoms with Gasteiger partial charge in [0.15, 0.2) is 33.0 Å². The van der Waals surface area contributed by atoms with E-state index in [1.165, 1.54) is 37.5 Å².